The van der Waals surface area contributed by atoms with Gasteiger partial charge in [0.1, 0.15) is 5.75 Å². The van der Waals surface area contributed by atoms with Gasteiger partial charge >= 0.3 is 5.97 Å². The van der Waals surface area contributed by atoms with Crippen LogP contribution in [0.2, 0.25) is 0 Å². The lowest BCUT2D eigenvalue weighted by molar-refractivity contribution is -0.243. The first-order valence-corrected chi connectivity index (χ1v) is 5.27. The number of carbonyl (C=O) groups is 1. The molecule has 0 aliphatic heterocycles. The quantitative estimate of drug-likeness (QED) is 0.566. The first kappa shape index (κ1) is 11.0. The Bertz CT molecular complexity index is 354. The van der Waals surface area contributed by atoms with Crippen molar-refractivity contribution in [3.63, 3.8) is 0 Å². The third-order valence-corrected chi connectivity index (χ3v) is 2.46. The second-order valence-electron chi connectivity index (χ2n) is 3.83. The van der Waals surface area contributed by atoms with Gasteiger partial charge in [-0.15, -0.1) is 0 Å². The van der Waals surface area contributed by atoms with Gasteiger partial charge in [-0.25, -0.2) is 4.79 Å². The van der Waals surface area contributed by atoms with Crippen molar-refractivity contribution < 1.29 is 19.3 Å². The van der Waals surface area contributed by atoms with Crippen LogP contribution in [0.1, 0.15) is 23.2 Å². The van der Waals surface area contributed by atoms with E-state index in [4.69, 9.17) is 9.62 Å². The summed E-state index contributed by atoms with van der Waals surface area (Å²) in [6, 6.07) is 6.69. The van der Waals surface area contributed by atoms with Crippen molar-refractivity contribution in [2.75, 3.05) is 13.7 Å². The Kier molecular flexibility index (Phi) is 3.41. The number of benzene rings is 1. The number of ether oxygens (including phenoxy) is 1. The van der Waals surface area contributed by atoms with Crippen molar-refractivity contribution in [2.45, 2.75) is 12.8 Å². The van der Waals surface area contributed by atoms with Gasteiger partial charge in [0.05, 0.1) is 19.3 Å². The number of rotatable bonds is 5. The molecule has 0 spiro atoms. The molecule has 1 aromatic rings. The lowest BCUT2D eigenvalue weighted by Crippen LogP contribution is -2.07. The lowest BCUT2D eigenvalue weighted by atomic mass is 10.2. The summed E-state index contributed by atoms with van der Waals surface area (Å²) in [5.74, 6) is 0.808. The Morgan fingerprint density at radius 3 is 2.56 bits per heavy atom. The van der Waals surface area contributed by atoms with Gasteiger partial charge in [0.25, 0.3) is 0 Å². The highest BCUT2D eigenvalue weighted by atomic mass is 17.2. The van der Waals surface area contributed by atoms with E-state index in [0.29, 0.717) is 23.8 Å². The smallest absolute Gasteiger partial charge is 0.373 e. The van der Waals surface area contributed by atoms with Crippen LogP contribution in [0.3, 0.4) is 0 Å². The summed E-state index contributed by atoms with van der Waals surface area (Å²) in [5.41, 5.74) is 0.455. The van der Waals surface area contributed by atoms with Gasteiger partial charge in [0.15, 0.2) is 0 Å². The molecule has 0 unspecified atom stereocenters. The molecule has 1 fully saturated rings. The number of methoxy groups -OCH3 is 1. The zero-order valence-electron chi connectivity index (χ0n) is 9.14. The van der Waals surface area contributed by atoms with E-state index in [2.05, 4.69) is 4.89 Å². The van der Waals surface area contributed by atoms with Gasteiger partial charge in [-0.1, -0.05) is 0 Å². The van der Waals surface area contributed by atoms with Gasteiger partial charge < -0.3 is 4.74 Å². The van der Waals surface area contributed by atoms with Crippen molar-refractivity contribution in [2.24, 2.45) is 5.92 Å². The van der Waals surface area contributed by atoms with E-state index in [9.17, 15) is 4.79 Å². The molecule has 16 heavy (non-hydrogen) atoms. The number of carbonyl (C=O) groups excluding carboxylic acids is 1. The molecule has 0 aromatic heterocycles. The standard InChI is InChI=1S/C12H14O4/c1-14-11-6-4-10(5-7-11)12(13)16-15-8-9-2-3-9/h4-7,9H,2-3,8H2,1H3. The van der Waals surface area contributed by atoms with Crippen LogP contribution in [-0.2, 0) is 9.78 Å². The zero-order valence-corrected chi connectivity index (χ0v) is 9.14. The molecule has 0 heterocycles. The minimum absolute atomic E-state index is 0.455. The van der Waals surface area contributed by atoms with Crippen LogP contribution < -0.4 is 4.74 Å². The summed E-state index contributed by atoms with van der Waals surface area (Å²) in [6.07, 6.45) is 2.33. The Labute approximate surface area is 94.0 Å². The molecule has 0 radical (unpaired) electrons. The Balaban J connectivity index is 1.81. The molecule has 0 amide bonds. The SMILES string of the molecule is COc1ccc(C(=O)OOCC2CC2)cc1. The van der Waals surface area contributed by atoms with Gasteiger partial charge in [0.2, 0.25) is 0 Å². The number of hydrogen-bond donors (Lipinski definition) is 0. The summed E-state index contributed by atoms with van der Waals surface area (Å²) in [4.78, 5) is 21.0. The van der Waals surface area contributed by atoms with Crippen molar-refractivity contribution in [3.05, 3.63) is 29.8 Å². The van der Waals surface area contributed by atoms with Gasteiger partial charge in [-0.2, -0.15) is 4.89 Å². The summed E-state index contributed by atoms with van der Waals surface area (Å²) >= 11 is 0. The highest BCUT2D eigenvalue weighted by Crippen LogP contribution is 2.28. The van der Waals surface area contributed by atoms with E-state index in [1.54, 1.807) is 31.4 Å². The van der Waals surface area contributed by atoms with E-state index < -0.39 is 5.97 Å². The zero-order chi connectivity index (χ0) is 11.4. The second kappa shape index (κ2) is 4.99. The van der Waals surface area contributed by atoms with E-state index >= 15 is 0 Å². The number of hydrogen-bond acceptors (Lipinski definition) is 4. The van der Waals surface area contributed by atoms with E-state index in [1.807, 2.05) is 0 Å². The average molecular weight is 222 g/mol. The minimum atomic E-state index is -0.469. The van der Waals surface area contributed by atoms with Crippen LogP contribution >= 0.6 is 0 Å². The third kappa shape index (κ3) is 2.97. The van der Waals surface area contributed by atoms with Crippen LogP contribution in [0.4, 0.5) is 0 Å². The van der Waals surface area contributed by atoms with Crippen molar-refractivity contribution in [1.82, 2.24) is 0 Å². The molecule has 4 nitrogen and oxygen atoms in total. The predicted octanol–water partition coefficient (Wildman–Crippen LogP) is 2.19. The van der Waals surface area contributed by atoms with Crippen molar-refractivity contribution in [3.8, 4) is 5.75 Å². The molecule has 1 aliphatic carbocycles. The summed E-state index contributed by atoms with van der Waals surface area (Å²) in [5, 5.41) is 0. The van der Waals surface area contributed by atoms with Gasteiger partial charge in [0, 0.05) is 0 Å². The van der Waals surface area contributed by atoms with Crippen LogP contribution in [0.5, 0.6) is 5.75 Å². The van der Waals surface area contributed by atoms with E-state index in [-0.39, 0.29) is 0 Å². The first-order valence-electron chi connectivity index (χ1n) is 5.27. The molecule has 1 aliphatic rings. The molecule has 0 N–H and O–H groups in total. The summed E-state index contributed by atoms with van der Waals surface area (Å²) in [7, 11) is 1.58. The molecule has 4 heteroatoms. The Morgan fingerprint density at radius 2 is 2.00 bits per heavy atom. The molecule has 1 aromatic carbocycles. The average Bonchev–Trinajstić information content (AvgIpc) is 3.13. The van der Waals surface area contributed by atoms with Gasteiger partial charge in [-0.3, -0.25) is 4.89 Å². The molecule has 0 bridgehead atoms. The summed E-state index contributed by atoms with van der Waals surface area (Å²) < 4.78 is 4.99. The van der Waals surface area contributed by atoms with Crippen LogP contribution in [0.15, 0.2) is 24.3 Å². The molecular weight excluding hydrogens is 208 g/mol. The van der Waals surface area contributed by atoms with Crippen LogP contribution in [0.25, 0.3) is 0 Å². The highest BCUT2D eigenvalue weighted by Gasteiger charge is 2.22. The first-order chi connectivity index (χ1) is 7.79. The monoisotopic (exact) mass is 222 g/mol. The second-order valence-corrected chi connectivity index (χ2v) is 3.83. The lowest BCUT2D eigenvalue weighted by Gasteiger charge is -2.03. The van der Waals surface area contributed by atoms with E-state index in [1.165, 1.54) is 12.8 Å². The minimum Gasteiger partial charge on any atom is -0.497 e. The van der Waals surface area contributed by atoms with Crippen molar-refractivity contribution in [1.29, 1.82) is 0 Å². The predicted molar refractivity (Wildman–Crippen MR) is 57.1 cm³/mol. The maximum Gasteiger partial charge on any atom is 0.373 e. The molecule has 2 rings (SSSR count). The highest BCUT2D eigenvalue weighted by molar-refractivity contribution is 5.89. The molecular formula is C12H14O4. The largest absolute Gasteiger partial charge is 0.497 e. The molecule has 1 saturated carbocycles. The molecule has 86 valence electrons. The fourth-order valence-electron chi connectivity index (χ4n) is 1.24. The third-order valence-electron chi connectivity index (χ3n) is 2.46. The van der Waals surface area contributed by atoms with Crippen LogP contribution in [-0.4, -0.2) is 19.7 Å². The Hall–Kier alpha value is -1.55. The fraction of sp³-hybridized carbons (Fsp3) is 0.417. The van der Waals surface area contributed by atoms with Crippen molar-refractivity contribution >= 4 is 5.97 Å². The summed E-state index contributed by atoms with van der Waals surface area (Å²) in [6.45, 7) is 0.502. The molecule has 0 saturated heterocycles. The fourth-order valence-corrected chi connectivity index (χ4v) is 1.24. The maximum absolute atomic E-state index is 11.5. The topological polar surface area (TPSA) is 44.8 Å². The normalized spacial score (nSPS) is 14.6. The Morgan fingerprint density at radius 1 is 1.31 bits per heavy atom. The maximum atomic E-state index is 11.5. The molecule has 0 atom stereocenters. The van der Waals surface area contributed by atoms with E-state index in [0.717, 1.165) is 0 Å². The van der Waals surface area contributed by atoms with Crippen LogP contribution in [0, 0.1) is 5.92 Å². The van der Waals surface area contributed by atoms with Gasteiger partial charge in [-0.05, 0) is 43.0 Å².